The number of hydrogen-bond acceptors (Lipinski definition) is 7. The molecule has 0 fully saturated rings. The average Bonchev–Trinajstić information content (AvgIpc) is 3.18. The molecule has 1 aromatic heterocycles. The zero-order valence-corrected chi connectivity index (χ0v) is 22.3. The predicted molar refractivity (Wildman–Crippen MR) is 137 cm³/mol. The van der Waals surface area contributed by atoms with E-state index in [1.165, 1.54) is 0 Å². The van der Waals surface area contributed by atoms with E-state index in [0.717, 1.165) is 21.8 Å². The van der Waals surface area contributed by atoms with Crippen LogP contribution in [0.4, 0.5) is 0 Å². The van der Waals surface area contributed by atoms with Crippen molar-refractivity contribution in [1.82, 2.24) is 4.98 Å². The predicted octanol–water partition coefficient (Wildman–Crippen LogP) is 4.83. The minimum Gasteiger partial charge on any atom is -0.457 e. The van der Waals surface area contributed by atoms with E-state index in [2.05, 4.69) is 11.1 Å². The zero-order valence-electron chi connectivity index (χ0n) is 21.5. The number of ether oxygens (including phenoxy) is 1. The molecule has 1 aromatic rings. The van der Waals surface area contributed by atoms with Gasteiger partial charge < -0.3 is 20.1 Å². The maximum Gasteiger partial charge on any atom is 0.309 e. The van der Waals surface area contributed by atoms with Crippen molar-refractivity contribution in [2.45, 2.75) is 92.1 Å². The molecule has 2 unspecified atom stereocenters. The standard InChI is InChI=1S/C27H41NO5S/c1-16-9-8-10-17(2)25(31)19(4)26(32)27(6,7)23(29)14-24(30)33-22(12-11-16)18(3)13-21-15-34-20(5)28-21/h8,10-11,13,15,17,19,22-23,25-26,29,31-32H,9,12,14H2,1-7H3/b10-8+,16-11-,18-13+/t17?,19-,22+,23+,25+,26?/m1/s1. The summed E-state index contributed by atoms with van der Waals surface area (Å²) in [5.41, 5.74) is 1.81. The van der Waals surface area contributed by atoms with Crippen molar-refractivity contribution in [3.05, 3.63) is 45.5 Å². The van der Waals surface area contributed by atoms with E-state index in [0.29, 0.717) is 12.8 Å². The van der Waals surface area contributed by atoms with Gasteiger partial charge in [0.1, 0.15) is 6.10 Å². The van der Waals surface area contributed by atoms with E-state index >= 15 is 0 Å². The first-order valence-corrected chi connectivity index (χ1v) is 12.9. The van der Waals surface area contributed by atoms with Crippen molar-refractivity contribution < 1.29 is 24.9 Å². The van der Waals surface area contributed by atoms with E-state index in [1.54, 1.807) is 32.1 Å². The molecule has 1 aliphatic heterocycles. The van der Waals surface area contributed by atoms with Crippen LogP contribution < -0.4 is 0 Å². The van der Waals surface area contributed by atoms with Gasteiger partial charge in [0.25, 0.3) is 0 Å². The van der Waals surface area contributed by atoms with Gasteiger partial charge in [-0.2, -0.15) is 0 Å². The monoisotopic (exact) mass is 491 g/mol. The second-order valence-electron chi connectivity index (χ2n) is 10.3. The van der Waals surface area contributed by atoms with Crippen molar-refractivity contribution in [2.24, 2.45) is 17.3 Å². The first-order chi connectivity index (χ1) is 15.8. The molecule has 7 heteroatoms. The van der Waals surface area contributed by atoms with E-state index in [9.17, 15) is 20.1 Å². The molecule has 6 atom stereocenters. The number of aryl methyl sites for hydroxylation is 1. The van der Waals surface area contributed by atoms with Gasteiger partial charge in [-0.1, -0.05) is 51.5 Å². The number of hydrogen-bond donors (Lipinski definition) is 3. The molecule has 0 spiro atoms. The van der Waals surface area contributed by atoms with Crippen molar-refractivity contribution in [3.63, 3.8) is 0 Å². The quantitative estimate of drug-likeness (QED) is 0.405. The molecule has 190 valence electrons. The molecule has 0 saturated heterocycles. The SMILES string of the molecule is C/C1=C/C[C@@H](/C(C)=C/c2csc(C)n2)OC(=O)C[C@H](O)C(C)(C)C(O)[C@H](C)[C@@H](O)C(C)/C=C/C1. The molecular weight excluding hydrogens is 450 g/mol. The molecule has 1 aliphatic rings. The normalized spacial score (nSPS) is 34.7. The van der Waals surface area contributed by atoms with Gasteiger partial charge in [0.2, 0.25) is 0 Å². The van der Waals surface area contributed by atoms with Gasteiger partial charge >= 0.3 is 5.97 Å². The minimum absolute atomic E-state index is 0.164. The first-order valence-electron chi connectivity index (χ1n) is 12.0. The highest BCUT2D eigenvalue weighted by atomic mass is 32.1. The van der Waals surface area contributed by atoms with Crippen molar-refractivity contribution in [1.29, 1.82) is 0 Å². The van der Waals surface area contributed by atoms with Crippen LogP contribution in [-0.2, 0) is 9.53 Å². The number of allylic oxidation sites excluding steroid dienone is 2. The summed E-state index contributed by atoms with van der Waals surface area (Å²) in [6, 6.07) is 0. The van der Waals surface area contributed by atoms with E-state index in [4.69, 9.17) is 4.74 Å². The Morgan fingerprint density at radius 3 is 2.53 bits per heavy atom. The Hall–Kier alpha value is -1.80. The number of esters is 1. The van der Waals surface area contributed by atoms with Crippen molar-refractivity contribution in [2.75, 3.05) is 0 Å². The Bertz CT molecular complexity index is 916. The average molecular weight is 492 g/mol. The first kappa shape index (κ1) is 28.4. The van der Waals surface area contributed by atoms with E-state index in [1.807, 2.05) is 51.3 Å². The van der Waals surface area contributed by atoms with Gasteiger partial charge in [-0.3, -0.25) is 4.79 Å². The van der Waals surface area contributed by atoms with Crippen LogP contribution in [0.1, 0.15) is 71.5 Å². The highest BCUT2D eigenvalue weighted by molar-refractivity contribution is 7.09. The molecule has 0 aliphatic carbocycles. The summed E-state index contributed by atoms with van der Waals surface area (Å²) in [7, 11) is 0. The Kier molecular flexibility index (Phi) is 10.2. The lowest BCUT2D eigenvalue weighted by molar-refractivity contribution is -0.155. The number of nitrogens with zero attached hydrogens (tertiary/aromatic N) is 1. The number of rotatable bonds is 2. The summed E-state index contributed by atoms with van der Waals surface area (Å²) in [6.07, 6.45) is 5.54. The molecule has 3 N–H and O–H groups in total. The van der Waals surface area contributed by atoms with Crippen LogP contribution in [0.2, 0.25) is 0 Å². The lowest BCUT2D eigenvalue weighted by Crippen LogP contribution is -2.48. The maximum atomic E-state index is 12.8. The van der Waals surface area contributed by atoms with Gasteiger partial charge in [-0.05, 0) is 38.8 Å². The van der Waals surface area contributed by atoms with Crippen molar-refractivity contribution in [3.8, 4) is 0 Å². The van der Waals surface area contributed by atoms with Gasteiger partial charge in [-0.25, -0.2) is 4.98 Å². The smallest absolute Gasteiger partial charge is 0.309 e. The molecule has 34 heavy (non-hydrogen) atoms. The molecule has 6 nitrogen and oxygen atoms in total. The number of carbonyl (C=O) groups is 1. The summed E-state index contributed by atoms with van der Waals surface area (Å²) in [4.78, 5) is 17.3. The molecule has 0 saturated carbocycles. The third-order valence-corrected chi connectivity index (χ3v) is 7.70. The minimum atomic E-state index is -1.13. The van der Waals surface area contributed by atoms with Crippen LogP contribution >= 0.6 is 11.3 Å². The van der Waals surface area contributed by atoms with E-state index in [-0.39, 0.29) is 12.3 Å². The third kappa shape index (κ3) is 7.60. The van der Waals surface area contributed by atoms with Crippen LogP contribution in [0.5, 0.6) is 0 Å². The lowest BCUT2D eigenvalue weighted by atomic mass is 9.72. The maximum absolute atomic E-state index is 12.8. The Morgan fingerprint density at radius 1 is 1.24 bits per heavy atom. The number of cyclic esters (lactones) is 1. The molecule has 2 heterocycles. The van der Waals surface area contributed by atoms with E-state index < -0.39 is 41.7 Å². The second kappa shape index (κ2) is 12.2. The van der Waals surface area contributed by atoms with Gasteiger partial charge in [0.05, 0.1) is 35.4 Å². The highest BCUT2D eigenvalue weighted by Gasteiger charge is 2.42. The topological polar surface area (TPSA) is 99.9 Å². The second-order valence-corrected chi connectivity index (χ2v) is 11.3. The largest absolute Gasteiger partial charge is 0.457 e. The van der Waals surface area contributed by atoms with Gasteiger partial charge in [0, 0.05) is 29.1 Å². The Morgan fingerprint density at radius 2 is 1.91 bits per heavy atom. The highest BCUT2D eigenvalue weighted by Crippen LogP contribution is 2.35. The number of thiazole rings is 1. The number of carbonyl (C=O) groups excluding carboxylic acids is 1. The van der Waals surface area contributed by atoms with Gasteiger partial charge in [0.15, 0.2) is 0 Å². The number of aliphatic hydroxyl groups is 3. The molecule has 0 aromatic carbocycles. The van der Waals surface area contributed by atoms with Gasteiger partial charge in [-0.15, -0.1) is 11.3 Å². The van der Waals surface area contributed by atoms with Crippen LogP contribution in [0.3, 0.4) is 0 Å². The molecule has 0 bridgehead atoms. The molecular formula is C27H41NO5S. The zero-order chi connectivity index (χ0) is 25.6. The lowest BCUT2D eigenvalue weighted by Gasteiger charge is -2.40. The molecule has 2 rings (SSSR count). The summed E-state index contributed by atoms with van der Waals surface area (Å²) in [5, 5.41) is 35.6. The fraction of sp³-hybridized carbons (Fsp3) is 0.630. The van der Waals surface area contributed by atoms with Crippen LogP contribution in [-0.4, -0.2) is 50.7 Å². The summed E-state index contributed by atoms with van der Waals surface area (Å²) >= 11 is 1.56. The number of aliphatic hydroxyl groups excluding tert-OH is 3. The summed E-state index contributed by atoms with van der Waals surface area (Å²) in [5.74, 6) is -1.19. The summed E-state index contributed by atoms with van der Waals surface area (Å²) < 4.78 is 5.82. The third-order valence-electron chi connectivity index (χ3n) is 6.91. The fourth-order valence-corrected chi connectivity index (χ4v) is 4.81. The van der Waals surface area contributed by atoms with Crippen LogP contribution in [0.15, 0.2) is 34.8 Å². The Balaban J connectivity index is 2.36. The molecule has 0 radical (unpaired) electrons. The summed E-state index contributed by atoms with van der Waals surface area (Å²) in [6.45, 7) is 13.0. The number of aromatic nitrogens is 1. The fourth-order valence-electron chi connectivity index (χ4n) is 4.24. The van der Waals surface area contributed by atoms with Crippen LogP contribution in [0, 0.1) is 24.2 Å². The Labute approximate surface area is 208 Å². The molecule has 0 amide bonds. The van der Waals surface area contributed by atoms with Crippen molar-refractivity contribution >= 4 is 23.4 Å². The van der Waals surface area contributed by atoms with Crippen LogP contribution in [0.25, 0.3) is 6.08 Å².